The minimum atomic E-state index is -4.39. The van der Waals surface area contributed by atoms with Gasteiger partial charge in [-0.25, -0.2) is 9.97 Å². The van der Waals surface area contributed by atoms with Crippen LogP contribution in [0.2, 0.25) is 0 Å². The van der Waals surface area contributed by atoms with Gasteiger partial charge in [0.25, 0.3) is 5.91 Å². The maximum absolute atomic E-state index is 13.3. The molecular weight excluding hydrogens is 443 g/mol. The summed E-state index contributed by atoms with van der Waals surface area (Å²) in [5.74, 6) is 1.12. The molecule has 34 heavy (non-hydrogen) atoms. The molecule has 0 spiro atoms. The Bertz CT molecular complexity index is 1170. The number of nitrogens with one attached hydrogen (secondary N) is 1. The first kappa shape index (κ1) is 22.4. The first-order valence-electron chi connectivity index (χ1n) is 11.6. The Kier molecular flexibility index (Phi) is 6.02. The number of piperidine rings is 1. The van der Waals surface area contributed by atoms with Crippen LogP contribution in [0.4, 0.5) is 24.8 Å². The molecule has 4 heterocycles. The lowest BCUT2D eigenvalue weighted by molar-refractivity contribution is -0.137. The normalized spacial score (nSPS) is 17.4. The SMILES string of the molecule is O=C(NC1CCN(c2ccc(C(F)(F)F)cn2)CC1)c1cc2ccccc2nc1N1CCCC1. The molecule has 9 heteroatoms. The zero-order valence-corrected chi connectivity index (χ0v) is 18.7. The highest BCUT2D eigenvalue weighted by atomic mass is 19.4. The van der Waals surface area contributed by atoms with E-state index in [0.29, 0.717) is 37.3 Å². The number of anilines is 2. The zero-order chi connectivity index (χ0) is 23.7. The molecular formula is C25H26F3N5O. The Morgan fingerprint density at radius 3 is 2.38 bits per heavy atom. The summed E-state index contributed by atoms with van der Waals surface area (Å²) < 4.78 is 38.4. The van der Waals surface area contributed by atoms with Crippen molar-refractivity contribution in [3.63, 3.8) is 0 Å². The van der Waals surface area contributed by atoms with Crippen molar-refractivity contribution in [2.24, 2.45) is 0 Å². The molecule has 0 atom stereocenters. The number of hydrogen-bond donors (Lipinski definition) is 1. The Balaban J connectivity index is 1.27. The topological polar surface area (TPSA) is 61.4 Å². The van der Waals surface area contributed by atoms with E-state index in [1.807, 2.05) is 35.2 Å². The molecule has 0 aliphatic carbocycles. The predicted octanol–water partition coefficient (Wildman–Crippen LogP) is 4.65. The molecule has 0 radical (unpaired) electrons. The van der Waals surface area contributed by atoms with E-state index in [0.717, 1.165) is 54.9 Å². The highest BCUT2D eigenvalue weighted by Crippen LogP contribution is 2.30. The van der Waals surface area contributed by atoms with Gasteiger partial charge >= 0.3 is 6.18 Å². The van der Waals surface area contributed by atoms with Gasteiger partial charge in [0.2, 0.25) is 0 Å². The second-order valence-electron chi connectivity index (χ2n) is 8.88. The molecule has 3 aromatic rings. The lowest BCUT2D eigenvalue weighted by Crippen LogP contribution is -2.45. The predicted molar refractivity (Wildman–Crippen MR) is 125 cm³/mol. The van der Waals surface area contributed by atoms with Crippen LogP contribution < -0.4 is 15.1 Å². The van der Waals surface area contributed by atoms with Gasteiger partial charge in [-0.3, -0.25) is 4.79 Å². The number of carbonyl (C=O) groups is 1. The molecule has 0 unspecified atom stereocenters. The number of halogens is 3. The third-order valence-electron chi connectivity index (χ3n) is 6.58. The van der Waals surface area contributed by atoms with E-state index in [1.165, 1.54) is 6.07 Å². The number of carbonyl (C=O) groups excluding carboxylic acids is 1. The lowest BCUT2D eigenvalue weighted by Gasteiger charge is -2.33. The second-order valence-corrected chi connectivity index (χ2v) is 8.88. The fourth-order valence-corrected chi connectivity index (χ4v) is 4.70. The number of alkyl halides is 3. The number of nitrogens with zero attached hydrogens (tertiary/aromatic N) is 4. The maximum Gasteiger partial charge on any atom is 0.417 e. The number of aromatic nitrogens is 2. The van der Waals surface area contributed by atoms with E-state index in [4.69, 9.17) is 4.98 Å². The highest BCUT2D eigenvalue weighted by Gasteiger charge is 2.31. The van der Waals surface area contributed by atoms with E-state index in [1.54, 1.807) is 0 Å². The number of hydrogen-bond acceptors (Lipinski definition) is 5. The van der Waals surface area contributed by atoms with Crippen molar-refractivity contribution in [1.82, 2.24) is 15.3 Å². The van der Waals surface area contributed by atoms with Gasteiger partial charge in [-0.05, 0) is 49.9 Å². The van der Waals surface area contributed by atoms with E-state index < -0.39 is 11.7 Å². The molecule has 1 aromatic carbocycles. The van der Waals surface area contributed by atoms with Crippen LogP contribution in [0.3, 0.4) is 0 Å². The molecule has 1 N–H and O–H groups in total. The van der Waals surface area contributed by atoms with Crippen LogP contribution >= 0.6 is 0 Å². The fourth-order valence-electron chi connectivity index (χ4n) is 4.70. The summed E-state index contributed by atoms with van der Waals surface area (Å²) in [5, 5.41) is 4.09. The van der Waals surface area contributed by atoms with Crippen molar-refractivity contribution >= 4 is 28.4 Å². The quantitative estimate of drug-likeness (QED) is 0.603. The number of amides is 1. The van der Waals surface area contributed by atoms with E-state index in [9.17, 15) is 18.0 Å². The van der Waals surface area contributed by atoms with Crippen molar-refractivity contribution in [2.75, 3.05) is 36.0 Å². The zero-order valence-electron chi connectivity index (χ0n) is 18.7. The molecule has 5 rings (SSSR count). The number of rotatable bonds is 4. The van der Waals surface area contributed by atoms with Gasteiger partial charge < -0.3 is 15.1 Å². The van der Waals surface area contributed by atoms with Crippen LogP contribution in [0.5, 0.6) is 0 Å². The second kappa shape index (κ2) is 9.12. The minimum Gasteiger partial charge on any atom is -0.356 e. The van der Waals surface area contributed by atoms with Gasteiger partial charge in [0, 0.05) is 43.8 Å². The molecule has 6 nitrogen and oxygen atoms in total. The molecule has 2 aromatic heterocycles. The van der Waals surface area contributed by atoms with E-state index in [-0.39, 0.29) is 11.9 Å². The first-order chi connectivity index (χ1) is 16.4. The Labute approximate surface area is 195 Å². The Morgan fingerprint density at radius 1 is 0.971 bits per heavy atom. The summed E-state index contributed by atoms with van der Waals surface area (Å²) in [6, 6.07) is 12.2. The third-order valence-corrected chi connectivity index (χ3v) is 6.58. The summed E-state index contributed by atoms with van der Waals surface area (Å²) in [7, 11) is 0. The Hall–Kier alpha value is -3.36. The molecule has 1 amide bonds. The molecule has 0 bridgehead atoms. The number of fused-ring (bicyclic) bond motifs is 1. The molecule has 178 valence electrons. The van der Waals surface area contributed by atoms with Crippen LogP contribution in [0.15, 0.2) is 48.7 Å². The summed E-state index contributed by atoms with van der Waals surface area (Å²) in [6.45, 7) is 3.00. The first-order valence-corrected chi connectivity index (χ1v) is 11.6. The standard InChI is InChI=1S/C25H26F3N5O/c26-25(27,28)18-7-8-22(29-16-18)32-13-9-19(10-14-32)30-24(34)20-15-17-5-1-2-6-21(17)31-23(20)33-11-3-4-12-33/h1-2,5-8,15-16,19H,3-4,9-14H2,(H,30,34). The smallest absolute Gasteiger partial charge is 0.356 e. The van der Waals surface area contributed by atoms with Gasteiger partial charge in [0.05, 0.1) is 16.6 Å². The number of para-hydroxylation sites is 1. The van der Waals surface area contributed by atoms with Crippen LogP contribution in [0.1, 0.15) is 41.6 Å². The van der Waals surface area contributed by atoms with E-state index in [2.05, 4.69) is 15.2 Å². The van der Waals surface area contributed by atoms with Crippen LogP contribution in [0.25, 0.3) is 10.9 Å². The molecule has 2 fully saturated rings. The summed E-state index contributed by atoms with van der Waals surface area (Å²) in [6.07, 6.45) is 0.0329. The summed E-state index contributed by atoms with van der Waals surface area (Å²) in [4.78, 5) is 26.2. The van der Waals surface area contributed by atoms with Crippen molar-refractivity contribution in [2.45, 2.75) is 37.9 Å². The lowest BCUT2D eigenvalue weighted by atomic mass is 10.0. The number of benzene rings is 1. The summed E-state index contributed by atoms with van der Waals surface area (Å²) >= 11 is 0. The average Bonchev–Trinajstić information content (AvgIpc) is 3.38. The molecule has 2 saturated heterocycles. The van der Waals surface area contributed by atoms with Crippen LogP contribution in [-0.4, -0.2) is 48.1 Å². The van der Waals surface area contributed by atoms with Crippen molar-refractivity contribution in [3.05, 3.63) is 59.8 Å². The van der Waals surface area contributed by atoms with Crippen molar-refractivity contribution < 1.29 is 18.0 Å². The maximum atomic E-state index is 13.3. The third kappa shape index (κ3) is 4.64. The summed E-state index contributed by atoms with van der Waals surface area (Å²) in [5.41, 5.74) is 0.710. The molecule has 2 aliphatic rings. The fraction of sp³-hybridized carbons (Fsp3) is 0.400. The Morgan fingerprint density at radius 2 is 1.71 bits per heavy atom. The van der Waals surface area contributed by atoms with Gasteiger partial charge in [-0.1, -0.05) is 18.2 Å². The van der Waals surface area contributed by atoms with Gasteiger partial charge in [-0.2, -0.15) is 13.2 Å². The monoisotopic (exact) mass is 469 g/mol. The largest absolute Gasteiger partial charge is 0.417 e. The van der Waals surface area contributed by atoms with E-state index >= 15 is 0 Å². The van der Waals surface area contributed by atoms with Crippen molar-refractivity contribution in [3.8, 4) is 0 Å². The van der Waals surface area contributed by atoms with Crippen LogP contribution in [0, 0.1) is 0 Å². The van der Waals surface area contributed by atoms with Crippen LogP contribution in [-0.2, 0) is 6.18 Å². The molecule has 0 saturated carbocycles. The van der Waals surface area contributed by atoms with Crippen molar-refractivity contribution in [1.29, 1.82) is 0 Å². The number of pyridine rings is 2. The van der Waals surface area contributed by atoms with Gasteiger partial charge in [-0.15, -0.1) is 0 Å². The molecule has 2 aliphatic heterocycles. The van der Waals surface area contributed by atoms with Gasteiger partial charge in [0.1, 0.15) is 11.6 Å². The highest BCUT2D eigenvalue weighted by molar-refractivity contribution is 6.02. The van der Waals surface area contributed by atoms with Gasteiger partial charge in [0.15, 0.2) is 0 Å². The average molecular weight is 470 g/mol. The minimum absolute atomic E-state index is 0.0175.